The van der Waals surface area contributed by atoms with Crippen LogP contribution in [0.4, 0.5) is 22.4 Å². The van der Waals surface area contributed by atoms with E-state index in [9.17, 15) is 22.4 Å². The molecule has 1 fully saturated rings. The second kappa shape index (κ2) is 9.52. The van der Waals surface area contributed by atoms with Gasteiger partial charge in [-0.1, -0.05) is 43.2 Å². The maximum atomic E-state index is 14.6. The molecule has 1 aliphatic carbocycles. The Bertz CT molecular complexity index is 1140. The van der Waals surface area contributed by atoms with E-state index in [1.165, 1.54) is 0 Å². The molecule has 0 bridgehead atoms. The number of hydrogen-bond acceptors (Lipinski definition) is 2. The zero-order chi connectivity index (χ0) is 24.3. The Hall–Kier alpha value is -3.29. The molecule has 0 aliphatic heterocycles. The van der Waals surface area contributed by atoms with Crippen LogP contribution in [0.15, 0.2) is 65.1 Å². The summed E-state index contributed by atoms with van der Waals surface area (Å²) in [5.74, 6) is -0.324. The third-order valence-corrected chi connectivity index (χ3v) is 6.21. The van der Waals surface area contributed by atoms with Gasteiger partial charge in [-0.2, -0.15) is 13.2 Å². The third kappa shape index (κ3) is 5.26. The first-order chi connectivity index (χ1) is 16.2. The van der Waals surface area contributed by atoms with Crippen molar-refractivity contribution in [3.05, 3.63) is 94.7 Å². The molecule has 34 heavy (non-hydrogen) atoms. The summed E-state index contributed by atoms with van der Waals surface area (Å²) in [5.41, 5.74) is -2.04. The molecule has 2 aromatic carbocycles. The Morgan fingerprint density at radius 1 is 1.00 bits per heavy atom. The van der Waals surface area contributed by atoms with Crippen LogP contribution in [0.5, 0.6) is 0 Å². The van der Waals surface area contributed by atoms with Crippen molar-refractivity contribution in [1.29, 1.82) is 0 Å². The number of furan rings is 1. The molecular formula is C26H26F4N2O2. The highest BCUT2D eigenvalue weighted by molar-refractivity contribution is 5.76. The molecule has 2 amide bonds. The Kier molecular flexibility index (Phi) is 6.68. The summed E-state index contributed by atoms with van der Waals surface area (Å²) in [4.78, 5) is 13.1. The van der Waals surface area contributed by atoms with Gasteiger partial charge in [0.2, 0.25) is 0 Å². The molecule has 1 atom stereocenters. The summed E-state index contributed by atoms with van der Waals surface area (Å²) in [6.07, 6.45) is -1.05. The maximum Gasteiger partial charge on any atom is 0.416 e. The lowest BCUT2D eigenvalue weighted by Gasteiger charge is -2.35. The molecule has 4 nitrogen and oxygen atoms in total. The van der Waals surface area contributed by atoms with Crippen LogP contribution in [0.2, 0.25) is 0 Å². The Labute approximate surface area is 195 Å². The van der Waals surface area contributed by atoms with Crippen molar-refractivity contribution in [2.24, 2.45) is 0 Å². The minimum absolute atomic E-state index is 0.0222. The Balaban J connectivity index is 1.87. The van der Waals surface area contributed by atoms with E-state index in [0.717, 1.165) is 43.4 Å². The molecule has 1 saturated carbocycles. The molecule has 4 rings (SSSR count). The number of amides is 2. The van der Waals surface area contributed by atoms with Crippen molar-refractivity contribution in [3.8, 4) is 0 Å². The second-order valence-corrected chi connectivity index (χ2v) is 8.78. The van der Waals surface area contributed by atoms with Crippen molar-refractivity contribution in [1.82, 2.24) is 10.6 Å². The molecule has 1 heterocycles. The number of halogens is 4. The minimum Gasteiger partial charge on any atom is -0.463 e. The number of alkyl halides is 3. The molecule has 180 valence electrons. The molecule has 1 aromatic heterocycles. The van der Waals surface area contributed by atoms with Gasteiger partial charge in [0.05, 0.1) is 5.56 Å². The average molecular weight is 474 g/mol. The molecule has 0 radical (unpaired) electrons. The fourth-order valence-electron chi connectivity index (χ4n) is 4.56. The van der Waals surface area contributed by atoms with Crippen LogP contribution in [-0.4, -0.2) is 12.1 Å². The third-order valence-electron chi connectivity index (χ3n) is 6.21. The van der Waals surface area contributed by atoms with E-state index in [4.69, 9.17) is 4.42 Å². The van der Waals surface area contributed by atoms with E-state index in [0.29, 0.717) is 11.8 Å². The summed E-state index contributed by atoms with van der Waals surface area (Å²) in [6, 6.07) is 14.0. The fraction of sp³-hybridized carbons (Fsp3) is 0.346. The first-order valence-corrected chi connectivity index (χ1v) is 11.2. The lowest BCUT2D eigenvalue weighted by molar-refractivity contribution is -0.137. The topological polar surface area (TPSA) is 54.3 Å². The highest BCUT2D eigenvalue weighted by Crippen LogP contribution is 2.39. The molecule has 0 saturated heterocycles. The fourth-order valence-corrected chi connectivity index (χ4v) is 4.56. The van der Waals surface area contributed by atoms with Crippen molar-refractivity contribution in [3.63, 3.8) is 0 Å². The molecule has 0 unspecified atom stereocenters. The Morgan fingerprint density at radius 2 is 1.68 bits per heavy atom. The van der Waals surface area contributed by atoms with Crippen LogP contribution in [0.1, 0.15) is 53.9 Å². The number of rotatable bonds is 6. The van der Waals surface area contributed by atoms with Gasteiger partial charge in [0.15, 0.2) is 0 Å². The van der Waals surface area contributed by atoms with E-state index in [1.807, 2.05) is 6.07 Å². The predicted octanol–water partition coefficient (Wildman–Crippen LogP) is 6.47. The van der Waals surface area contributed by atoms with Crippen molar-refractivity contribution < 1.29 is 26.8 Å². The quantitative estimate of drug-likeness (QED) is 0.402. The summed E-state index contributed by atoms with van der Waals surface area (Å²) >= 11 is 0. The minimum atomic E-state index is -4.76. The molecule has 8 heteroatoms. The second-order valence-electron chi connectivity index (χ2n) is 8.78. The SMILES string of the molecule is Cc1ccc([C@](Cc2ccccc2)(NC(=O)NC2CCCC2)c2cc(F)cc(C(F)(F)F)c2)o1. The smallest absolute Gasteiger partial charge is 0.416 e. The number of urea groups is 1. The van der Waals surface area contributed by atoms with Gasteiger partial charge in [-0.15, -0.1) is 0 Å². The van der Waals surface area contributed by atoms with E-state index in [1.54, 1.807) is 43.3 Å². The van der Waals surface area contributed by atoms with Crippen LogP contribution >= 0.6 is 0 Å². The maximum absolute atomic E-state index is 14.6. The van der Waals surface area contributed by atoms with Crippen molar-refractivity contribution in [2.45, 2.75) is 56.8 Å². The predicted molar refractivity (Wildman–Crippen MR) is 120 cm³/mol. The summed E-state index contributed by atoms with van der Waals surface area (Å²) in [5, 5.41) is 5.80. The lowest BCUT2D eigenvalue weighted by Crippen LogP contribution is -2.53. The number of carbonyl (C=O) groups excluding carboxylic acids is 1. The Morgan fingerprint density at radius 3 is 2.29 bits per heavy atom. The van der Waals surface area contributed by atoms with E-state index >= 15 is 0 Å². The van der Waals surface area contributed by atoms with Crippen LogP contribution in [0.25, 0.3) is 0 Å². The van der Waals surface area contributed by atoms with Gasteiger partial charge >= 0.3 is 12.2 Å². The zero-order valence-corrected chi connectivity index (χ0v) is 18.7. The van der Waals surface area contributed by atoms with E-state index in [2.05, 4.69) is 10.6 Å². The number of carbonyl (C=O) groups is 1. The van der Waals surface area contributed by atoms with Crippen molar-refractivity contribution in [2.75, 3.05) is 0 Å². The van der Waals surface area contributed by atoms with Gasteiger partial charge in [0, 0.05) is 12.5 Å². The largest absolute Gasteiger partial charge is 0.463 e. The monoisotopic (exact) mass is 474 g/mol. The average Bonchev–Trinajstić information content (AvgIpc) is 3.45. The lowest BCUT2D eigenvalue weighted by atomic mass is 9.80. The number of hydrogen-bond donors (Lipinski definition) is 2. The zero-order valence-electron chi connectivity index (χ0n) is 18.7. The van der Waals surface area contributed by atoms with Gasteiger partial charge in [-0.3, -0.25) is 0 Å². The van der Waals surface area contributed by atoms with Gasteiger partial charge < -0.3 is 15.1 Å². The highest BCUT2D eigenvalue weighted by atomic mass is 19.4. The first kappa shape index (κ1) is 23.9. The molecule has 1 aliphatic rings. The van der Waals surface area contributed by atoms with Crippen LogP contribution < -0.4 is 10.6 Å². The number of nitrogens with one attached hydrogen (secondary N) is 2. The van der Waals surface area contributed by atoms with Gasteiger partial charge in [0.25, 0.3) is 0 Å². The van der Waals surface area contributed by atoms with Crippen molar-refractivity contribution >= 4 is 6.03 Å². The normalized spacial score (nSPS) is 16.3. The molecule has 3 aromatic rings. The van der Waals surface area contributed by atoms with E-state index < -0.39 is 29.1 Å². The molecule has 0 spiro atoms. The number of benzene rings is 2. The van der Waals surface area contributed by atoms with Crippen LogP contribution in [0, 0.1) is 12.7 Å². The standard InChI is InChI=1S/C26H26F4N2O2/c1-17-11-12-23(34-17)25(16-18-7-3-2-4-8-18,32-24(33)31-22-9-5-6-10-22)19-13-20(26(28,29)30)15-21(27)14-19/h2-4,7-8,11-15,22H,5-6,9-10,16H2,1H3,(H2,31,32,33)/t25-/m1/s1. The van der Waals surface area contributed by atoms with Gasteiger partial charge in [-0.05, 0) is 61.2 Å². The number of aryl methyl sites for hydroxylation is 1. The van der Waals surface area contributed by atoms with Crippen LogP contribution in [0.3, 0.4) is 0 Å². The van der Waals surface area contributed by atoms with Gasteiger partial charge in [-0.25, -0.2) is 9.18 Å². The summed E-state index contributed by atoms with van der Waals surface area (Å²) in [6.45, 7) is 1.70. The highest BCUT2D eigenvalue weighted by Gasteiger charge is 2.42. The summed E-state index contributed by atoms with van der Waals surface area (Å²) in [7, 11) is 0. The summed E-state index contributed by atoms with van der Waals surface area (Å²) < 4.78 is 61.3. The van der Waals surface area contributed by atoms with Crippen LogP contribution in [-0.2, 0) is 18.1 Å². The molecule has 2 N–H and O–H groups in total. The molecular weight excluding hydrogens is 448 g/mol. The first-order valence-electron chi connectivity index (χ1n) is 11.2. The van der Waals surface area contributed by atoms with E-state index in [-0.39, 0.29) is 23.8 Å². The van der Waals surface area contributed by atoms with Gasteiger partial charge in [0.1, 0.15) is 22.9 Å².